The average Bonchev–Trinajstić information content (AvgIpc) is 4.17. The van der Waals surface area contributed by atoms with E-state index in [1.54, 1.807) is 0 Å². The third kappa shape index (κ3) is 11.8. The molecule has 0 N–H and O–H groups in total. The van der Waals surface area contributed by atoms with E-state index in [0.29, 0.717) is 0 Å². The summed E-state index contributed by atoms with van der Waals surface area (Å²) in [5, 5.41) is 0. The molecule has 0 unspecified atom stereocenters. The molecule has 73 heavy (non-hydrogen) atoms. The van der Waals surface area contributed by atoms with Crippen molar-refractivity contribution in [3.8, 4) is 33.4 Å². The van der Waals surface area contributed by atoms with Gasteiger partial charge >= 0.3 is 0 Å². The van der Waals surface area contributed by atoms with Gasteiger partial charge in [-0.05, 0) is 130 Å². The van der Waals surface area contributed by atoms with E-state index in [9.17, 15) is 0 Å². The standard InChI is InChI=1S/C55H44N2.8C2H6/c1-3-56(51-27-15-19-39-33-37-17-11-13-25-45(37)53(39)51)43-29-31-47-48-32-30-44(57(4-2)52-28-16-20-40-34-38-18-12-14-26-46(38)54(40)52)36-50(48)55(49(47)35-43,41-21-7-5-8-22-41)42-23-9-6-10-24-42;8*1-2/h5-32,35-36H,3-4,33-34H2,1-2H3;8*1-2H3. The van der Waals surface area contributed by atoms with E-state index in [4.69, 9.17) is 0 Å². The maximum Gasteiger partial charge on any atom is 0.0715 e. The van der Waals surface area contributed by atoms with Crippen LogP contribution in [0.3, 0.4) is 0 Å². The predicted octanol–water partition coefficient (Wildman–Crippen LogP) is 21.7. The summed E-state index contributed by atoms with van der Waals surface area (Å²) in [6.07, 6.45) is 1.97. The first-order valence-electron chi connectivity index (χ1n) is 28.5. The first kappa shape index (κ1) is 60.7. The van der Waals surface area contributed by atoms with Crippen LogP contribution >= 0.6 is 0 Å². The molecule has 8 aromatic carbocycles. The SMILES string of the molecule is CC.CC.CC.CC.CC.CC.CC.CC.CCN(c1ccc2c(c1)C(c1ccccc1)(c1ccccc1)c1cc(N(CC)c3cccc4c3-c3ccccc3C4)ccc1-2)c1cccc2c1-c1ccccc1C2. The summed E-state index contributed by atoms with van der Waals surface area (Å²) in [5.74, 6) is 0. The fourth-order valence-electron chi connectivity index (χ4n) is 10.6. The molecule has 2 nitrogen and oxygen atoms in total. The van der Waals surface area contributed by atoms with Gasteiger partial charge < -0.3 is 9.80 Å². The maximum atomic E-state index is 2.53. The molecule has 3 aliphatic carbocycles. The van der Waals surface area contributed by atoms with Gasteiger partial charge in [0.1, 0.15) is 0 Å². The molecular formula is C71H92N2. The van der Waals surface area contributed by atoms with Crippen molar-refractivity contribution in [2.75, 3.05) is 22.9 Å². The van der Waals surface area contributed by atoms with Gasteiger partial charge in [0.05, 0.1) is 5.41 Å². The zero-order chi connectivity index (χ0) is 54.1. The van der Waals surface area contributed by atoms with Crippen LogP contribution < -0.4 is 9.80 Å². The second-order valence-corrected chi connectivity index (χ2v) is 15.7. The van der Waals surface area contributed by atoms with Crippen LogP contribution in [-0.2, 0) is 18.3 Å². The van der Waals surface area contributed by atoms with E-state index in [1.807, 2.05) is 111 Å². The van der Waals surface area contributed by atoms with E-state index < -0.39 is 5.41 Å². The Morgan fingerprint density at radius 2 is 0.630 bits per heavy atom. The molecule has 0 spiro atoms. The minimum Gasteiger partial charge on any atom is -0.341 e. The van der Waals surface area contributed by atoms with Crippen LogP contribution in [0.2, 0.25) is 0 Å². The third-order valence-corrected chi connectivity index (χ3v) is 12.9. The second kappa shape index (κ2) is 31.1. The van der Waals surface area contributed by atoms with Gasteiger partial charge in [-0.1, -0.05) is 256 Å². The number of nitrogens with zero attached hydrogens (tertiary/aromatic N) is 2. The number of fused-ring (bicyclic) bond motifs is 9. The summed E-state index contributed by atoms with van der Waals surface area (Å²) in [7, 11) is 0. The maximum absolute atomic E-state index is 2.53. The molecule has 8 aromatic rings. The predicted molar refractivity (Wildman–Crippen MR) is 329 cm³/mol. The van der Waals surface area contributed by atoms with Gasteiger partial charge in [-0.3, -0.25) is 0 Å². The minimum absolute atomic E-state index is 0.533. The number of benzene rings is 8. The topological polar surface area (TPSA) is 6.48 Å². The van der Waals surface area contributed by atoms with Crippen molar-refractivity contribution in [1.29, 1.82) is 0 Å². The molecule has 0 fully saturated rings. The fourth-order valence-corrected chi connectivity index (χ4v) is 10.6. The Kier molecular flexibility index (Phi) is 25.8. The quantitative estimate of drug-likeness (QED) is 0.150. The van der Waals surface area contributed by atoms with Crippen molar-refractivity contribution in [2.24, 2.45) is 0 Å². The molecule has 0 saturated carbocycles. The van der Waals surface area contributed by atoms with Crippen LogP contribution in [0.4, 0.5) is 22.7 Å². The van der Waals surface area contributed by atoms with Gasteiger partial charge in [0, 0.05) is 47.0 Å². The smallest absolute Gasteiger partial charge is 0.0715 e. The molecule has 0 aromatic heterocycles. The molecule has 3 aliphatic rings. The number of hydrogen-bond donors (Lipinski definition) is 0. The van der Waals surface area contributed by atoms with Gasteiger partial charge in [0.15, 0.2) is 0 Å². The van der Waals surface area contributed by atoms with Crippen LogP contribution in [0.25, 0.3) is 33.4 Å². The lowest BCUT2D eigenvalue weighted by molar-refractivity contribution is 0.767. The van der Waals surface area contributed by atoms with Crippen molar-refractivity contribution in [1.82, 2.24) is 0 Å². The van der Waals surface area contributed by atoms with E-state index in [0.717, 1.165) is 25.9 Å². The van der Waals surface area contributed by atoms with Gasteiger partial charge in [-0.25, -0.2) is 0 Å². The average molecular weight is 974 g/mol. The van der Waals surface area contributed by atoms with Crippen LogP contribution in [0.5, 0.6) is 0 Å². The lowest BCUT2D eigenvalue weighted by Crippen LogP contribution is -2.29. The summed E-state index contributed by atoms with van der Waals surface area (Å²) in [5.41, 5.74) is 23.4. The van der Waals surface area contributed by atoms with Crippen LogP contribution in [0.15, 0.2) is 182 Å². The molecule has 386 valence electrons. The van der Waals surface area contributed by atoms with E-state index in [1.165, 1.54) is 101 Å². The van der Waals surface area contributed by atoms with Crippen LogP contribution in [-0.4, -0.2) is 13.1 Å². The highest BCUT2D eigenvalue weighted by Crippen LogP contribution is 2.58. The summed E-state index contributed by atoms with van der Waals surface area (Å²) >= 11 is 0. The normalized spacial score (nSPS) is 11.3. The molecule has 11 rings (SSSR count). The lowest BCUT2D eigenvalue weighted by Gasteiger charge is -2.35. The highest BCUT2D eigenvalue weighted by atomic mass is 15.1. The van der Waals surface area contributed by atoms with Crippen molar-refractivity contribution in [3.63, 3.8) is 0 Å². The lowest BCUT2D eigenvalue weighted by atomic mass is 9.67. The zero-order valence-electron chi connectivity index (χ0n) is 48.5. The van der Waals surface area contributed by atoms with Gasteiger partial charge in [-0.2, -0.15) is 0 Å². The largest absolute Gasteiger partial charge is 0.341 e. The Morgan fingerprint density at radius 3 is 0.973 bits per heavy atom. The van der Waals surface area contributed by atoms with Crippen LogP contribution in [0, 0.1) is 0 Å². The van der Waals surface area contributed by atoms with Gasteiger partial charge in [0.25, 0.3) is 0 Å². The molecule has 0 amide bonds. The van der Waals surface area contributed by atoms with E-state index in [2.05, 4.69) is 206 Å². The van der Waals surface area contributed by atoms with Crippen LogP contribution in [0.1, 0.15) is 169 Å². The first-order chi connectivity index (χ1) is 36.2. The molecule has 0 bridgehead atoms. The molecule has 0 saturated heterocycles. The fraction of sp³-hybridized carbons (Fsp3) is 0.324. The summed E-state index contributed by atoms with van der Waals surface area (Å²) in [4.78, 5) is 5.06. The van der Waals surface area contributed by atoms with Gasteiger partial charge in [0.2, 0.25) is 0 Å². The molecule has 0 radical (unpaired) electrons. The Balaban J connectivity index is 0.000000806. The molecule has 0 atom stereocenters. The molecule has 0 heterocycles. The monoisotopic (exact) mass is 973 g/mol. The Morgan fingerprint density at radius 1 is 0.315 bits per heavy atom. The minimum atomic E-state index is -0.533. The molecule has 2 heteroatoms. The summed E-state index contributed by atoms with van der Waals surface area (Å²) in [6.45, 7) is 38.3. The highest BCUT2D eigenvalue weighted by molar-refractivity contribution is 5.94. The third-order valence-electron chi connectivity index (χ3n) is 12.9. The zero-order valence-corrected chi connectivity index (χ0v) is 48.5. The summed E-state index contributed by atoms with van der Waals surface area (Å²) < 4.78 is 0. The number of hydrogen-bond acceptors (Lipinski definition) is 2. The van der Waals surface area contributed by atoms with Crippen molar-refractivity contribution >= 4 is 22.7 Å². The first-order valence-corrected chi connectivity index (χ1v) is 28.5. The van der Waals surface area contributed by atoms with E-state index in [-0.39, 0.29) is 0 Å². The number of anilines is 4. The highest BCUT2D eigenvalue weighted by Gasteiger charge is 2.47. The summed E-state index contributed by atoms with van der Waals surface area (Å²) in [6, 6.07) is 68.6. The van der Waals surface area contributed by atoms with Crippen molar-refractivity contribution in [3.05, 3.63) is 226 Å². The van der Waals surface area contributed by atoms with Crippen molar-refractivity contribution < 1.29 is 0 Å². The van der Waals surface area contributed by atoms with Crippen molar-refractivity contribution in [2.45, 2.75) is 143 Å². The Bertz CT molecular complexity index is 2640. The molecule has 0 aliphatic heterocycles. The Hall–Kier alpha value is -6.64. The van der Waals surface area contributed by atoms with Gasteiger partial charge in [-0.15, -0.1) is 0 Å². The number of rotatable bonds is 8. The second-order valence-electron chi connectivity index (χ2n) is 15.7. The Labute approximate surface area is 446 Å². The van der Waals surface area contributed by atoms with E-state index >= 15 is 0 Å². The molecular weight excluding hydrogens is 881 g/mol.